The lowest BCUT2D eigenvalue weighted by Gasteiger charge is -2.35. The summed E-state index contributed by atoms with van der Waals surface area (Å²) < 4.78 is 18.6. The number of carbonyl (C=O) groups is 1. The smallest absolute Gasteiger partial charge is 0.239 e. The lowest BCUT2D eigenvalue weighted by molar-refractivity contribution is -0.117. The molecule has 2 heterocycles. The Bertz CT molecular complexity index is 1420. The Hall–Kier alpha value is -3.36. The van der Waals surface area contributed by atoms with Crippen LogP contribution in [0, 0.1) is 5.92 Å². The molecule has 1 N–H and O–H groups in total. The highest BCUT2D eigenvalue weighted by atomic mass is 16.5. The summed E-state index contributed by atoms with van der Waals surface area (Å²) in [5.74, 6) is 2.22. The third-order valence-electron chi connectivity index (χ3n) is 9.31. The molecule has 1 saturated heterocycles. The molecule has 46 heavy (non-hydrogen) atoms. The molecule has 0 atom stereocenters. The van der Waals surface area contributed by atoms with Crippen molar-refractivity contribution < 1.29 is 18.8 Å². The van der Waals surface area contributed by atoms with Gasteiger partial charge >= 0.3 is 0 Å². The first-order chi connectivity index (χ1) is 22.3. The van der Waals surface area contributed by atoms with E-state index >= 15 is 0 Å². The van der Waals surface area contributed by atoms with Crippen LogP contribution in [0.15, 0.2) is 40.9 Å². The zero-order chi connectivity index (χ0) is 32.6. The number of anilines is 1. The first-order valence-corrected chi connectivity index (χ1v) is 17.5. The minimum absolute atomic E-state index is 0.0105. The molecule has 5 rings (SSSR count). The van der Waals surface area contributed by atoms with E-state index in [1.807, 2.05) is 6.07 Å². The molecule has 8 heteroatoms. The highest BCUT2D eigenvalue weighted by molar-refractivity contribution is 5.99. The number of nitrogens with one attached hydrogen (secondary N) is 1. The van der Waals surface area contributed by atoms with Crippen molar-refractivity contribution in [1.82, 2.24) is 15.0 Å². The van der Waals surface area contributed by atoms with E-state index in [1.54, 1.807) is 0 Å². The van der Waals surface area contributed by atoms with Crippen molar-refractivity contribution in [3.8, 4) is 33.9 Å². The Kier molecular flexibility index (Phi) is 11.8. The molecule has 0 bridgehead atoms. The van der Waals surface area contributed by atoms with Gasteiger partial charge in [-0.3, -0.25) is 15.0 Å². The van der Waals surface area contributed by atoms with E-state index < -0.39 is 0 Å². The van der Waals surface area contributed by atoms with Gasteiger partial charge in [0.05, 0.1) is 18.8 Å². The van der Waals surface area contributed by atoms with Crippen LogP contribution in [0.5, 0.6) is 11.5 Å². The minimum Gasteiger partial charge on any atom is -0.493 e. The zero-order valence-electron chi connectivity index (χ0n) is 28.9. The summed E-state index contributed by atoms with van der Waals surface area (Å²) in [6.45, 7) is 13.1. The molecule has 2 aromatic carbocycles. The van der Waals surface area contributed by atoms with E-state index in [9.17, 15) is 4.79 Å². The minimum atomic E-state index is -0.0105. The summed E-state index contributed by atoms with van der Waals surface area (Å²) in [7, 11) is 4.36. The lowest BCUT2D eigenvalue weighted by Crippen LogP contribution is -2.41. The van der Waals surface area contributed by atoms with E-state index in [4.69, 9.17) is 14.0 Å². The Morgan fingerprint density at radius 3 is 2.22 bits per heavy atom. The second-order valence-electron chi connectivity index (χ2n) is 13.6. The Labute approximate surface area is 275 Å². The number of rotatable bonds is 16. The molecular weight excluding hydrogens is 576 g/mol. The van der Waals surface area contributed by atoms with Gasteiger partial charge in [0.2, 0.25) is 11.8 Å². The summed E-state index contributed by atoms with van der Waals surface area (Å²) in [5, 5.41) is 7.67. The normalized spacial score (nSPS) is 15.9. The van der Waals surface area contributed by atoms with Crippen LogP contribution in [0.3, 0.4) is 0 Å². The topological polar surface area (TPSA) is 80.1 Å². The second kappa shape index (κ2) is 16.0. The standard InChI is InChI=1S/C38H54N4O4/c1-7-9-21-44-33-24-34(45-22-10-8-2)32(23-31(33)26(3)4)36-35(38(46-40-36)39-37(43)29-15-16-29)28-13-11-27(12-14-28)25-42-19-17-30(18-20-42)41(5)6/h11-14,23-24,26,29-30H,7-10,15-22,25H2,1-6H3,(H,39,43). The predicted molar refractivity (Wildman–Crippen MR) is 186 cm³/mol. The third-order valence-corrected chi connectivity index (χ3v) is 9.31. The van der Waals surface area contributed by atoms with Gasteiger partial charge in [-0.05, 0) is 94.4 Å². The summed E-state index contributed by atoms with van der Waals surface area (Å²) in [6, 6.07) is 13.5. The molecule has 1 amide bonds. The maximum absolute atomic E-state index is 13.0. The molecule has 1 aromatic heterocycles. The second-order valence-corrected chi connectivity index (χ2v) is 13.6. The van der Waals surface area contributed by atoms with Crippen molar-refractivity contribution in [3.63, 3.8) is 0 Å². The van der Waals surface area contributed by atoms with Gasteiger partial charge in [-0.2, -0.15) is 0 Å². The number of likely N-dealkylation sites (tertiary alicyclic amines) is 1. The fourth-order valence-electron chi connectivity index (χ4n) is 6.13. The number of amides is 1. The van der Waals surface area contributed by atoms with Gasteiger partial charge in [0.25, 0.3) is 0 Å². The molecule has 2 fully saturated rings. The van der Waals surface area contributed by atoms with Crippen molar-refractivity contribution in [1.29, 1.82) is 0 Å². The molecule has 1 aliphatic heterocycles. The number of nitrogens with zero attached hydrogens (tertiary/aromatic N) is 3. The van der Waals surface area contributed by atoms with E-state index in [0.717, 1.165) is 91.9 Å². The average Bonchev–Trinajstić information content (AvgIpc) is 3.83. The van der Waals surface area contributed by atoms with Crippen LogP contribution in [-0.4, -0.2) is 67.3 Å². The number of unbranched alkanes of at least 4 members (excludes halogenated alkanes) is 2. The lowest BCUT2D eigenvalue weighted by atomic mass is 9.94. The maximum Gasteiger partial charge on any atom is 0.239 e. The van der Waals surface area contributed by atoms with E-state index in [1.165, 1.54) is 18.4 Å². The summed E-state index contributed by atoms with van der Waals surface area (Å²) in [5.41, 5.74) is 5.61. The molecule has 0 radical (unpaired) electrons. The quantitative estimate of drug-likeness (QED) is 0.159. The molecular formula is C38H54N4O4. The Morgan fingerprint density at radius 2 is 1.63 bits per heavy atom. The largest absolute Gasteiger partial charge is 0.493 e. The molecule has 1 saturated carbocycles. The number of hydrogen-bond acceptors (Lipinski definition) is 7. The molecule has 250 valence electrons. The van der Waals surface area contributed by atoms with Crippen molar-refractivity contribution in [2.75, 3.05) is 45.7 Å². The molecule has 1 aliphatic carbocycles. The van der Waals surface area contributed by atoms with Crippen molar-refractivity contribution >= 4 is 11.8 Å². The van der Waals surface area contributed by atoms with Gasteiger partial charge in [-0.25, -0.2) is 0 Å². The molecule has 0 unspecified atom stereocenters. The monoisotopic (exact) mass is 630 g/mol. The Morgan fingerprint density at radius 1 is 0.978 bits per heavy atom. The van der Waals surface area contributed by atoms with Gasteiger partial charge in [0, 0.05) is 30.1 Å². The molecule has 0 spiro atoms. The summed E-state index contributed by atoms with van der Waals surface area (Å²) in [6.07, 6.45) is 8.26. The first kappa shape index (κ1) is 34.0. The van der Waals surface area contributed by atoms with Gasteiger partial charge in [-0.15, -0.1) is 0 Å². The van der Waals surface area contributed by atoms with Gasteiger partial charge in [-0.1, -0.05) is 70.0 Å². The van der Waals surface area contributed by atoms with Crippen LogP contribution in [-0.2, 0) is 11.3 Å². The Balaban J connectivity index is 1.50. The van der Waals surface area contributed by atoms with Crippen molar-refractivity contribution in [2.45, 2.75) is 97.6 Å². The predicted octanol–water partition coefficient (Wildman–Crippen LogP) is 8.36. The number of aromatic nitrogens is 1. The van der Waals surface area contributed by atoms with Crippen LogP contribution >= 0.6 is 0 Å². The number of piperidine rings is 1. The fraction of sp³-hybridized carbons (Fsp3) is 0.579. The van der Waals surface area contributed by atoms with Crippen molar-refractivity contribution in [3.05, 3.63) is 47.5 Å². The van der Waals surface area contributed by atoms with Gasteiger partial charge in [0.15, 0.2) is 0 Å². The molecule has 3 aromatic rings. The first-order valence-electron chi connectivity index (χ1n) is 17.5. The zero-order valence-corrected chi connectivity index (χ0v) is 28.9. The van der Waals surface area contributed by atoms with E-state index in [0.29, 0.717) is 30.8 Å². The highest BCUT2D eigenvalue weighted by Gasteiger charge is 2.32. The van der Waals surface area contributed by atoms with Gasteiger partial charge < -0.3 is 18.9 Å². The number of benzene rings is 2. The van der Waals surface area contributed by atoms with E-state index in [-0.39, 0.29) is 17.7 Å². The SMILES string of the molecule is CCCCOc1cc(OCCCC)c(C(C)C)cc1-c1noc(NC(=O)C2CC2)c1-c1ccc(CN2CCC(N(C)C)CC2)cc1. The van der Waals surface area contributed by atoms with E-state index in [2.05, 4.69) is 92.4 Å². The summed E-state index contributed by atoms with van der Waals surface area (Å²) >= 11 is 0. The van der Waals surface area contributed by atoms with Crippen molar-refractivity contribution in [2.24, 2.45) is 5.92 Å². The van der Waals surface area contributed by atoms with Crippen LogP contribution in [0.1, 0.15) is 96.1 Å². The number of carbonyl (C=O) groups excluding carboxylic acids is 1. The average molecular weight is 631 g/mol. The number of hydrogen-bond donors (Lipinski definition) is 1. The maximum atomic E-state index is 13.0. The van der Waals surface area contributed by atoms with Crippen LogP contribution < -0.4 is 14.8 Å². The highest BCUT2D eigenvalue weighted by Crippen LogP contribution is 2.45. The van der Waals surface area contributed by atoms with Crippen LogP contribution in [0.25, 0.3) is 22.4 Å². The fourth-order valence-corrected chi connectivity index (χ4v) is 6.13. The van der Waals surface area contributed by atoms with Gasteiger partial charge in [0.1, 0.15) is 17.2 Å². The summed E-state index contributed by atoms with van der Waals surface area (Å²) in [4.78, 5) is 17.8. The molecule has 2 aliphatic rings. The third kappa shape index (κ3) is 8.51. The number of ether oxygens (including phenoxy) is 2. The van der Waals surface area contributed by atoms with Crippen LogP contribution in [0.2, 0.25) is 0 Å². The van der Waals surface area contributed by atoms with Crippen LogP contribution in [0.4, 0.5) is 5.88 Å². The molecule has 8 nitrogen and oxygen atoms in total.